The quantitative estimate of drug-likeness (QED) is 0.228. The number of nitrogens with one attached hydrogen (secondary N) is 4. The minimum atomic E-state index is -0.334. The Hall–Kier alpha value is -3.01. The lowest BCUT2D eigenvalue weighted by Crippen LogP contribution is -2.50. The van der Waals surface area contributed by atoms with E-state index in [2.05, 4.69) is 25.9 Å². The van der Waals surface area contributed by atoms with E-state index in [9.17, 15) is 4.79 Å². The Morgan fingerprint density at radius 2 is 1.77 bits per heavy atom. The summed E-state index contributed by atoms with van der Waals surface area (Å²) in [6.45, 7) is 0. The molecule has 0 bridgehead atoms. The highest BCUT2D eigenvalue weighted by atomic mass is 35.5. The zero-order valence-corrected chi connectivity index (χ0v) is 21.4. The molecule has 0 saturated heterocycles. The Kier molecular flexibility index (Phi) is 10.2. The number of carbonyl (C=O) groups is 1. The molecule has 1 aromatic heterocycles. The molecule has 1 aliphatic rings. The van der Waals surface area contributed by atoms with Crippen LogP contribution in [0.2, 0.25) is 5.02 Å². The molecule has 12 heteroatoms. The maximum atomic E-state index is 12.7. The van der Waals surface area contributed by atoms with Gasteiger partial charge in [0.1, 0.15) is 11.6 Å². The van der Waals surface area contributed by atoms with Gasteiger partial charge in [-0.05, 0) is 55.3 Å². The number of hydrogen-bond donors (Lipinski definition) is 5. The summed E-state index contributed by atoms with van der Waals surface area (Å²) in [5.74, 6) is 1.04. The summed E-state index contributed by atoms with van der Waals surface area (Å²) in [4.78, 5) is 21.9. The molecule has 3 aromatic rings. The highest BCUT2D eigenvalue weighted by Crippen LogP contribution is 2.29. The molecule has 1 fully saturated rings. The molecular formula is C23H28Cl3N7O2. The Labute approximate surface area is 220 Å². The number of guanidine groups is 1. The predicted molar refractivity (Wildman–Crippen MR) is 145 cm³/mol. The first-order valence-corrected chi connectivity index (χ1v) is 11.1. The molecule has 2 atom stereocenters. The summed E-state index contributed by atoms with van der Waals surface area (Å²) in [6.07, 6.45) is 3.90. The first kappa shape index (κ1) is 28.2. The number of halogens is 3. The van der Waals surface area contributed by atoms with Crippen molar-refractivity contribution in [3.63, 3.8) is 0 Å². The summed E-state index contributed by atoms with van der Waals surface area (Å²) in [6, 6.07) is 12.1. The van der Waals surface area contributed by atoms with Gasteiger partial charge in [0.25, 0.3) is 5.91 Å². The van der Waals surface area contributed by atoms with Crippen LogP contribution in [0.25, 0.3) is 10.9 Å². The van der Waals surface area contributed by atoms with Crippen molar-refractivity contribution in [3.05, 3.63) is 53.1 Å². The van der Waals surface area contributed by atoms with Crippen LogP contribution in [-0.2, 0) is 0 Å². The first-order chi connectivity index (χ1) is 15.9. The normalized spacial score (nSPS) is 16.9. The molecule has 1 heterocycles. The van der Waals surface area contributed by atoms with Crippen molar-refractivity contribution in [1.82, 2.24) is 15.3 Å². The van der Waals surface area contributed by atoms with Gasteiger partial charge < -0.3 is 21.1 Å². The SMILES string of the molecule is COc1ccc2nc(NC(=O)c3ccc(Cl)cc3)nc(N[C@H]3CCCC[C@H]3NC(=N)N)c2c1.Cl.Cl. The van der Waals surface area contributed by atoms with Crippen molar-refractivity contribution in [2.45, 2.75) is 37.8 Å². The van der Waals surface area contributed by atoms with Crippen molar-refractivity contribution < 1.29 is 9.53 Å². The van der Waals surface area contributed by atoms with Crippen molar-refractivity contribution in [2.24, 2.45) is 5.73 Å². The van der Waals surface area contributed by atoms with Gasteiger partial charge in [-0.15, -0.1) is 24.8 Å². The number of anilines is 2. The molecule has 35 heavy (non-hydrogen) atoms. The van der Waals surface area contributed by atoms with Gasteiger partial charge in [-0.2, -0.15) is 4.98 Å². The van der Waals surface area contributed by atoms with Crippen LogP contribution < -0.4 is 26.4 Å². The van der Waals surface area contributed by atoms with Crippen LogP contribution in [0.5, 0.6) is 5.75 Å². The second-order valence-electron chi connectivity index (χ2n) is 7.94. The molecule has 0 spiro atoms. The second-order valence-corrected chi connectivity index (χ2v) is 8.38. The lowest BCUT2D eigenvalue weighted by atomic mass is 9.90. The number of nitrogens with two attached hydrogens (primary N) is 1. The third-order valence-corrected chi connectivity index (χ3v) is 5.92. The largest absolute Gasteiger partial charge is 0.497 e. The van der Waals surface area contributed by atoms with Crippen LogP contribution in [0, 0.1) is 5.41 Å². The fraction of sp³-hybridized carbons (Fsp3) is 0.304. The standard InChI is InChI=1S/C23H26ClN7O2.2ClH/c1-33-15-10-11-17-16(12-15)20(27-18-4-2-3-5-19(18)28-22(25)26)30-23(29-17)31-21(32)13-6-8-14(24)9-7-13;;/h6-12,18-19H,2-5H2,1H3,(H4,25,26,28)(H2,27,29,30,31,32);2*1H/t18-,19+;;/m0../s1. The van der Waals surface area contributed by atoms with E-state index in [4.69, 9.17) is 27.5 Å². The van der Waals surface area contributed by atoms with Crippen LogP contribution >= 0.6 is 36.4 Å². The van der Waals surface area contributed by atoms with E-state index in [0.29, 0.717) is 27.7 Å². The monoisotopic (exact) mass is 539 g/mol. The van der Waals surface area contributed by atoms with Gasteiger partial charge in [0, 0.05) is 28.1 Å². The molecule has 0 radical (unpaired) electrons. The number of hydrogen-bond acceptors (Lipinski definition) is 6. The summed E-state index contributed by atoms with van der Waals surface area (Å²) in [7, 11) is 1.60. The van der Waals surface area contributed by atoms with Crippen molar-refractivity contribution in [2.75, 3.05) is 17.7 Å². The highest BCUT2D eigenvalue weighted by Gasteiger charge is 2.26. The molecule has 188 valence electrons. The lowest BCUT2D eigenvalue weighted by molar-refractivity contribution is 0.102. The summed E-state index contributed by atoms with van der Waals surface area (Å²) >= 11 is 5.92. The maximum absolute atomic E-state index is 12.7. The Morgan fingerprint density at radius 1 is 1.09 bits per heavy atom. The van der Waals surface area contributed by atoms with Gasteiger partial charge in [0.05, 0.1) is 12.6 Å². The zero-order chi connectivity index (χ0) is 23.4. The highest BCUT2D eigenvalue weighted by molar-refractivity contribution is 6.30. The maximum Gasteiger partial charge on any atom is 0.258 e. The Bertz CT molecular complexity index is 1180. The van der Waals surface area contributed by atoms with E-state index < -0.39 is 0 Å². The number of aromatic nitrogens is 2. The molecule has 6 N–H and O–H groups in total. The van der Waals surface area contributed by atoms with Crippen LogP contribution in [0.3, 0.4) is 0 Å². The second kappa shape index (κ2) is 12.6. The Morgan fingerprint density at radius 3 is 2.43 bits per heavy atom. The number of methoxy groups -OCH3 is 1. The van der Waals surface area contributed by atoms with Crippen LogP contribution in [0.1, 0.15) is 36.0 Å². The molecule has 1 saturated carbocycles. The third kappa shape index (κ3) is 7.00. The van der Waals surface area contributed by atoms with Crippen LogP contribution in [0.15, 0.2) is 42.5 Å². The van der Waals surface area contributed by atoms with Gasteiger partial charge >= 0.3 is 0 Å². The van der Waals surface area contributed by atoms with E-state index in [1.54, 1.807) is 31.4 Å². The number of fused-ring (bicyclic) bond motifs is 1. The van der Waals surface area contributed by atoms with Crippen molar-refractivity contribution in [1.29, 1.82) is 5.41 Å². The fourth-order valence-electron chi connectivity index (χ4n) is 4.03. The first-order valence-electron chi connectivity index (χ1n) is 10.7. The number of benzene rings is 2. The van der Waals surface area contributed by atoms with Crippen LogP contribution in [0.4, 0.5) is 11.8 Å². The van der Waals surface area contributed by atoms with Crippen molar-refractivity contribution >= 4 is 71.0 Å². The molecule has 4 rings (SSSR count). The van der Waals surface area contributed by atoms with E-state index in [1.165, 1.54) is 0 Å². The lowest BCUT2D eigenvalue weighted by Gasteiger charge is -2.33. The molecule has 2 aromatic carbocycles. The molecule has 0 aliphatic heterocycles. The summed E-state index contributed by atoms with van der Waals surface area (Å²) < 4.78 is 5.38. The predicted octanol–water partition coefficient (Wildman–Crippen LogP) is 4.59. The smallest absolute Gasteiger partial charge is 0.258 e. The molecule has 9 nitrogen and oxygen atoms in total. The Balaban J connectivity index is 0.00000216. The average Bonchev–Trinajstić information content (AvgIpc) is 2.80. The van der Waals surface area contributed by atoms with Gasteiger partial charge in [-0.3, -0.25) is 15.5 Å². The topological polar surface area (TPSA) is 138 Å². The number of carbonyl (C=O) groups excluding carboxylic acids is 1. The van der Waals surface area contributed by atoms with Gasteiger partial charge in [0.2, 0.25) is 5.95 Å². The molecule has 0 unspecified atom stereocenters. The van der Waals surface area contributed by atoms with Gasteiger partial charge in [-0.1, -0.05) is 24.4 Å². The summed E-state index contributed by atoms with van der Waals surface area (Å²) in [5, 5.41) is 18.3. The average molecular weight is 541 g/mol. The van der Waals surface area contributed by atoms with Crippen molar-refractivity contribution in [3.8, 4) is 5.75 Å². The number of nitrogens with zero attached hydrogens (tertiary/aromatic N) is 2. The van der Waals surface area contributed by atoms with Gasteiger partial charge in [0.15, 0.2) is 5.96 Å². The van der Waals surface area contributed by atoms with E-state index in [-0.39, 0.29) is 54.7 Å². The van der Waals surface area contributed by atoms with Gasteiger partial charge in [-0.25, -0.2) is 4.98 Å². The minimum Gasteiger partial charge on any atom is -0.497 e. The van der Waals surface area contributed by atoms with E-state index in [0.717, 1.165) is 31.1 Å². The molecule has 1 amide bonds. The summed E-state index contributed by atoms with van der Waals surface area (Å²) in [5.41, 5.74) is 6.71. The van der Waals surface area contributed by atoms with E-state index >= 15 is 0 Å². The zero-order valence-electron chi connectivity index (χ0n) is 19.0. The molecule has 1 aliphatic carbocycles. The minimum absolute atomic E-state index is 0. The fourth-order valence-corrected chi connectivity index (χ4v) is 4.15. The third-order valence-electron chi connectivity index (χ3n) is 5.66. The molecular weight excluding hydrogens is 513 g/mol. The number of amides is 1. The van der Waals surface area contributed by atoms with E-state index in [1.807, 2.05) is 18.2 Å². The van der Waals surface area contributed by atoms with Crippen LogP contribution in [-0.4, -0.2) is 41.0 Å². The number of rotatable bonds is 6. The number of ether oxygens (including phenoxy) is 1.